The van der Waals surface area contributed by atoms with E-state index in [-0.39, 0.29) is 25.0 Å². The zero-order valence-corrected chi connectivity index (χ0v) is 19.8. The Morgan fingerprint density at radius 2 is 2.03 bits per heavy atom. The number of benzene rings is 1. The van der Waals surface area contributed by atoms with Crippen molar-refractivity contribution in [3.05, 3.63) is 64.6 Å². The molecule has 4 rings (SSSR count). The van der Waals surface area contributed by atoms with Gasteiger partial charge >= 0.3 is 0 Å². The van der Waals surface area contributed by atoms with Crippen LogP contribution in [0.2, 0.25) is 0 Å². The van der Waals surface area contributed by atoms with Gasteiger partial charge in [0.25, 0.3) is 5.91 Å². The summed E-state index contributed by atoms with van der Waals surface area (Å²) in [5.74, 6) is 0.507. The third-order valence-corrected chi connectivity index (χ3v) is 6.19. The minimum atomic E-state index is -0.219. The van der Waals surface area contributed by atoms with Gasteiger partial charge in [0.2, 0.25) is 11.8 Å². The molecule has 3 aromatic heterocycles. The fourth-order valence-electron chi connectivity index (χ4n) is 3.47. The Labute approximate surface area is 199 Å². The molecule has 2 amide bonds. The van der Waals surface area contributed by atoms with E-state index < -0.39 is 0 Å². The molecule has 0 atom stereocenters. The van der Waals surface area contributed by atoms with Gasteiger partial charge in [-0.2, -0.15) is 10.1 Å². The van der Waals surface area contributed by atoms with E-state index in [1.165, 1.54) is 18.4 Å². The number of carbonyl (C=O) groups is 2. The fraction of sp³-hybridized carbons (Fsp3) is 0.261. The number of ether oxygens (including phenoxy) is 2. The normalized spacial score (nSPS) is 10.9. The van der Waals surface area contributed by atoms with Gasteiger partial charge in [-0.3, -0.25) is 14.3 Å². The van der Waals surface area contributed by atoms with Gasteiger partial charge in [-0.15, -0.1) is 11.3 Å². The van der Waals surface area contributed by atoms with Crippen LogP contribution in [0.3, 0.4) is 0 Å². The molecule has 3 heterocycles. The van der Waals surface area contributed by atoms with Crippen LogP contribution in [0.4, 0.5) is 5.69 Å². The number of rotatable bonds is 9. The molecule has 11 heteroatoms. The van der Waals surface area contributed by atoms with E-state index in [4.69, 9.17) is 9.47 Å². The first-order valence-corrected chi connectivity index (χ1v) is 11.3. The molecular formula is C23H24N6O4S. The number of hydrogen-bond donors (Lipinski definition) is 2. The minimum Gasteiger partial charge on any atom is -0.480 e. The number of thiophene rings is 1. The standard InChI is InChI=1S/C23H24N6O4S/c1-14-19-22(33-3)27-17(13-32-2)28-23(19)34-20(14)21(31)24-11-15-6-4-7-16(10-15)26-18(30)12-29-9-5-8-25-29/h4-10H,11-13H2,1-3H3,(H,24,31)(H,26,30). The summed E-state index contributed by atoms with van der Waals surface area (Å²) in [7, 11) is 3.11. The average Bonchev–Trinajstić information content (AvgIpc) is 3.45. The van der Waals surface area contributed by atoms with Crippen LogP contribution in [0, 0.1) is 6.92 Å². The van der Waals surface area contributed by atoms with E-state index in [9.17, 15) is 9.59 Å². The first-order valence-electron chi connectivity index (χ1n) is 10.5. The van der Waals surface area contributed by atoms with Crippen LogP contribution in [-0.4, -0.2) is 45.8 Å². The highest BCUT2D eigenvalue weighted by atomic mass is 32.1. The van der Waals surface area contributed by atoms with Crippen LogP contribution in [-0.2, 0) is 29.2 Å². The van der Waals surface area contributed by atoms with Crippen molar-refractivity contribution in [2.45, 2.75) is 26.6 Å². The van der Waals surface area contributed by atoms with Crippen LogP contribution in [0.15, 0.2) is 42.7 Å². The molecule has 0 fully saturated rings. The smallest absolute Gasteiger partial charge is 0.261 e. The summed E-state index contributed by atoms with van der Waals surface area (Å²) in [6.07, 6.45) is 3.34. The Balaban J connectivity index is 1.45. The number of hydrogen-bond acceptors (Lipinski definition) is 8. The molecule has 176 valence electrons. The molecule has 0 saturated heterocycles. The molecule has 0 spiro atoms. The van der Waals surface area contributed by atoms with Gasteiger partial charge in [0.15, 0.2) is 5.82 Å². The Hall–Kier alpha value is -3.83. The highest BCUT2D eigenvalue weighted by Gasteiger charge is 2.21. The van der Waals surface area contributed by atoms with Crippen molar-refractivity contribution in [1.82, 2.24) is 25.1 Å². The van der Waals surface area contributed by atoms with E-state index in [1.807, 2.05) is 25.1 Å². The summed E-state index contributed by atoms with van der Waals surface area (Å²) in [5.41, 5.74) is 2.26. The lowest BCUT2D eigenvalue weighted by atomic mass is 10.1. The van der Waals surface area contributed by atoms with E-state index >= 15 is 0 Å². The van der Waals surface area contributed by atoms with Crippen LogP contribution in [0.25, 0.3) is 10.2 Å². The molecular weight excluding hydrogens is 456 g/mol. The molecule has 1 aromatic carbocycles. The lowest BCUT2D eigenvalue weighted by Gasteiger charge is -2.09. The number of aryl methyl sites for hydroxylation is 1. The zero-order valence-electron chi connectivity index (χ0n) is 19.0. The second kappa shape index (κ2) is 10.4. The van der Waals surface area contributed by atoms with Crippen molar-refractivity contribution in [3.8, 4) is 5.88 Å². The van der Waals surface area contributed by atoms with Crippen LogP contribution < -0.4 is 15.4 Å². The second-order valence-corrected chi connectivity index (χ2v) is 8.45. The van der Waals surface area contributed by atoms with Gasteiger partial charge in [0.05, 0.1) is 17.4 Å². The van der Waals surface area contributed by atoms with Gasteiger partial charge in [0, 0.05) is 31.7 Å². The van der Waals surface area contributed by atoms with Crippen molar-refractivity contribution < 1.29 is 19.1 Å². The van der Waals surface area contributed by atoms with E-state index in [1.54, 1.807) is 36.3 Å². The number of fused-ring (bicyclic) bond motifs is 1. The molecule has 0 radical (unpaired) electrons. The lowest BCUT2D eigenvalue weighted by molar-refractivity contribution is -0.116. The third kappa shape index (κ3) is 5.21. The summed E-state index contributed by atoms with van der Waals surface area (Å²) in [6, 6.07) is 9.09. The molecule has 4 aromatic rings. The van der Waals surface area contributed by atoms with Crippen LogP contribution >= 0.6 is 11.3 Å². The molecule has 10 nitrogen and oxygen atoms in total. The highest BCUT2D eigenvalue weighted by molar-refractivity contribution is 7.20. The molecule has 0 unspecified atom stereocenters. The molecule has 0 bridgehead atoms. The number of nitrogens with one attached hydrogen (secondary N) is 2. The monoisotopic (exact) mass is 480 g/mol. The van der Waals surface area contributed by atoms with Crippen molar-refractivity contribution >= 4 is 39.1 Å². The zero-order chi connectivity index (χ0) is 24.1. The van der Waals surface area contributed by atoms with Gasteiger partial charge in [-0.25, -0.2) is 4.98 Å². The maximum absolute atomic E-state index is 13.0. The van der Waals surface area contributed by atoms with Crippen LogP contribution in [0.1, 0.15) is 26.6 Å². The molecule has 34 heavy (non-hydrogen) atoms. The summed E-state index contributed by atoms with van der Waals surface area (Å²) < 4.78 is 12.1. The summed E-state index contributed by atoms with van der Waals surface area (Å²) in [6.45, 7) is 2.52. The minimum absolute atomic E-state index is 0.123. The number of amides is 2. The quantitative estimate of drug-likeness (QED) is 0.378. The van der Waals surface area contributed by atoms with E-state index in [0.29, 0.717) is 33.6 Å². The molecule has 0 saturated carbocycles. The Morgan fingerprint density at radius 3 is 2.76 bits per heavy atom. The predicted octanol–water partition coefficient (Wildman–Crippen LogP) is 2.92. The van der Waals surface area contributed by atoms with Gasteiger partial charge < -0.3 is 20.1 Å². The first kappa shape index (κ1) is 23.3. The Morgan fingerprint density at radius 1 is 1.18 bits per heavy atom. The van der Waals surface area contributed by atoms with Crippen molar-refractivity contribution in [1.29, 1.82) is 0 Å². The van der Waals surface area contributed by atoms with Gasteiger partial charge in [-0.05, 0) is 36.2 Å². The molecule has 0 aliphatic rings. The Bertz CT molecular complexity index is 1320. The fourth-order valence-corrected chi connectivity index (χ4v) is 4.57. The van der Waals surface area contributed by atoms with Crippen molar-refractivity contribution in [2.75, 3.05) is 19.5 Å². The third-order valence-electron chi connectivity index (χ3n) is 5.00. The molecule has 2 N–H and O–H groups in total. The molecule has 0 aliphatic carbocycles. The maximum atomic E-state index is 13.0. The van der Waals surface area contributed by atoms with E-state index in [0.717, 1.165) is 16.5 Å². The second-order valence-electron chi connectivity index (χ2n) is 7.45. The van der Waals surface area contributed by atoms with Crippen molar-refractivity contribution in [3.63, 3.8) is 0 Å². The SMILES string of the molecule is COCc1nc(OC)c2c(C)c(C(=O)NCc3cccc(NC(=O)Cn4cccn4)c3)sc2n1. The molecule has 0 aliphatic heterocycles. The highest BCUT2D eigenvalue weighted by Crippen LogP contribution is 2.35. The summed E-state index contributed by atoms with van der Waals surface area (Å²) in [4.78, 5) is 35.3. The predicted molar refractivity (Wildman–Crippen MR) is 128 cm³/mol. The lowest BCUT2D eigenvalue weighted by Crippen LogP contribution is -2.23. The first-order chi connectivity index (χ1) is 16.5. The number of nitrogens with zero attached hydrogens (tertiary/aromatic N) is 4. The average molecular weight is 481 g/mol. The number of methoxy groups -OCH3 is 2. The van der Waals surface area contributed by atoms with Crippen molar-refractivity contribution in [2.24, 2.45) is 0 Å². The Kier molecular flexibility index (Phi) is 7.14. The van der Waals surface area contributed by atoms with Gasteiger partial charge in [0.1, 0.15) is 18.0 Å². The van der Waals surface area contributed by atoms with Crippen LogP contribution in [0.5, 0.6) is 5.88 Å². The number of aromatic nitrogens is 4. The summed E-state index contributed by atoms with van der Waals surface area (Å²) >= 11 is 1.29. The number of carbonyl (C=O) groups excluding carboxylic acids is 2. The maximum Gasteiger partial charge on any atom is 0.261 e. The summed E-state index contributed by atoms with van der Waals surface area (Å²) in [5, 5.41) is 10.5. The van der Waals surface area contributed by atoms with Gasteiger partial charge in [-0.1, -0.05) is 12.1 Å². The van der Waals surface area contributed by atoms with E-state index in [2.05, 4.69) is 25.7 Å². The largest absolute Gasteiger partial charge is 0.480 e. The topological polar surface area (TPSA) is 120 Å². The number of anilines is 1.